The number of carbonyl (C=O) groups excluding carboxylic acids is 1. The number of aromatic nitrogens is 3. The van der Waals surface area contributed by atoms with Gasteiger partial charge in [0.25, 0.3) is 0 Å². The number of carbonyl (C=O) groups is 1. The van der Waals surface area contributed by atoms with Gasteiger partial charge in [0.05, 0.1) is 5.75 Å². The van der Waals surface area contributed by atoms with Gasteiger partial charge in [-0.1, -0.05) is 71.9 Å². The number of amides is 1. The molecule has 0 unspecified atom stereocenters. The Labute approximate surface area is 179 Å². The largest absolute Gasteiger partial charge is 0.325 e. The summed E-state index contributed by atoms with van der Waals surface area (Å²) in [6, 6.07) is 22.1. The van der Waals surface area contributed by atoms with Crippen molar-refractivity contribution in [2.24, 2.45) is 0 Å². The van der Waals surface area contributed by atoms with Crippen LogP contribution in [0.1, 0.15) is 5.56 Å². The fourth-order valence-corrected chi connectivity index (χ4v) is 4.03. The van der Waals surface area contributed by atoms with Crippen LogP contribution in [-0.2, 0) is 11.3 Å². The zero-order valence-electron chi connectivity index (χ0n) is 16.7. The zero-order chi connectivity index (χ0) is 20.9. The number of benzene rings is 3. The second-order valence-corrected chi connectivity index (χ2v) is 7.92. The van der Waals surface area contributed by atoms with Gasteiger partial charge in [-0.15, -0.1) is 16.8 Å². The summed E-state index contributed by atoms with van der Waals surface area (Å²) < 4.78 is 1.98. The normalized spacial score (nSPS) is 10.8. The molecule has 0 spiro atoms. The minimum Gasteiger partial charge on any atom is -0.325 e. The first-order chi connectivity index (χ1) is 14.6. The molecule has 5 nitrogen and oxygen atoms in total. The summed E-state index contributed by atoms with van der Waals surface area (Å²) in [5.74, 6) is 0.937. The Morgan fingerprint density at radius 3 is 2.70 bits per heavy atom. The average molecular weight is 415 g/mol. The molecular weight excluding hydrogens is 392 g/mol. The number of aryl methyl sites for hydroxylation is 1. The molecule has 0 aliphatic rings. The Morgan fingerprint density at radius 1 is 1.07 bits per heavy atom. The van der Waals surface area contributed by atoms with Gasteiger partial charge in [0.2, 0.25) is 5.91 Å². The van der Waals surface area contributed by atoms with Gasteiger partial charge in [0.15, 0.2) is 11.0 Å². The number of thioether (sulfide) groups is 1. The highest BCUT2D eigenvalue weighted by Gasteiger charge is 2.15. The van der Waals surface area contributed by atoms with Gasteiger partial charge in [0, 0.05) is 17.8 Å². The van der Waals surface area contributed by atoms with Crippen molar-refractivity contribution in [3.8, 4) is 11.4 Å². The van der Waals surface area contributed by atoms with E-state index >= 15 is 0 Å². The van der Waals surface area contributed by atoms with Crippen molar-refractivity contribution in [3.63, 3.8) is 0 Å². The Bertz CT molecular complexity index is 1210. The van der Waals surface area contributed by atoms with E-state index < -0.39 is 0 Å². The molecule has 0 atom stereocenters. The molecule has 0 radical (unpaired) electrons. The van der Waals surface area contributed by atoms with Gasteiger partial charge >= 0.3 is 0 Å². The van der Waals surface area contributed by atoms with Crippen molar-refractivity contribution in [1.29, 1.82) is 0 Å². The Morgan fingerprint density at radius 2 is 1.90 bits per heavy atom. The Balaban J connectivity index is 1.47. The molecule has 4 aromatic rings. The number of rotatable bonds is 7. The first-order valence-corrected chi connectivity index (χ1v) is 10.6. The summed E-state index contributed by atoms with van der Waals surface area (Å²) in [7, 11) is 0. The number of nitrogens with zero attached hydrogens (tertiary/aromatic N) is 3. The summed E-state index contributed by atoms with van der Waals surface area (Å²) >= 11 is 1.37. The zero-order valence-corrected chi connectivity index (χ0v) is 17.5. The van der Waals surface area contributed by atoms with Gasteiger partial charge in [-0.3, -0.25) is 9.36 Å². The molecule has 3 aromatic carbocycles. The van der Waals surface area contributed by atoms with E-state index in [1.54, 1.807) is 0 Å². The molecule has 0 aliphatic heterocycles. The predicted molar refractivity (Wildman–Crippen MR) is 124 cm³/mol. The molecule has 0 saturated heterocycles. The van der Waals surface area contributed by atoms with E-state index in [1.165, 1.54) is 11.8 Å². The van der Waals surface area contributed by atoms with Crippen LogP contribution in [0.3, 0.4) is 0 Å². The highest BCUT2D eigenvalue weighted by Crippen LogP contribution is 2.25. The predicted octanol–water partition coefficient (Wildman–Crippen LogP) is 5.32. The van der Waals surface area contributed by atoms with Crippen LogP contribution < -0.4 is 5.32 Å². The number of allylic oxidation sites excluding steroid dienone is 1. The van der Waals surface area contributed by atoms with Crippen molar-refractivity contribution in [2.45, 2.75) is 18.6 Å². The van der Waals surface area contributed by atoms with Gasteiger partial charge in [-0.25, -0.2) is 0 Å². The van der Waals surface area contributed by atoms with E-state index in [1.807, 2.05) is 72.2 Å². The monoisotopic (exact) mass is 414 g/mol. The third kappa shape index (κ3) is 4.44. The molecule has 1 amide bonds. The van der Waals surface area contributed by atoms with Crippen LogP contribution in [0.4, 0.5) is 5.69 Å². The summed E-state index contributed by atoms with van der Waals surface area (Å²) in [5.41, 5.74) is 2.94. The molecule has 0 aliphatic carbocycles. The molecule has 0 saturated carbocycles. The molecule has 4 rings (SSSR count). The summed E-state index contributed by atoms with van der Waals surface area (Å²) in [4.78, 5) is 12.5. The lowest BCUT2D eigenvalue weighted by molar-refractivity contribution is -0.113. The Hall–Kier alpha value is -3.38. The van der Waals surface area contributed by atoms with E-state index in [0.29, 0.717) is 11.7 Å². The van der Waals surface area contributed by atoms with Gasteiger partial charge < -0.3 is 5.32 Å². The van der Waals surface area contributed by atoms with Crippen LogP contribution in [0, 0.1) is 6.92 Å². The molecular formula is C24H22N4OS. The first-order valence-electron chi connectivity index (χ1n) is 9.66. The van der Waals surface area contributed by atoms with Crippen molar-refractivity contribution in [3.05, 3.63) is 84.9 Å². The quantitative estimate of drug-likeness (QED) is 0.328. The standard InChI is InChI=1S/C24H22N4OS/c1-3-13-28-23(20-10-6-7-17(2)14-20)26-27-24(28)30-16-22(29)25-21-12-11-18-8-4-5-9-19(18)15-21/h3-12,14-15H,1,13,16H2,2H3,(H,25,29). The smallest absolute Gasteiger partial charge is 0.234 e. The van der Waals surface area contributed by atoms with E-state index in [2.05, 4.69) is 34.2 Å². The fraction of sp³-hybridized carbons (Fsp3) is 0.125. The molecule has 1 N–H and O–H groups in total. The SMILES string of the molecule is C=CCn1c(SCC(=O)Nc2ccc3ccccc3c2)nnc1-c1cccc(C)c1. The maximum atomic E-state index is 12.5. The highest BCUT2D eigenvalue weighted by atomic mass is 32.2. The van der Waals surface area contributed by atoms with Gasteiger partial charge in [-0.05, 0) is 35.9 Å². The number of hydrogen-bond donors (Lipinski definition) is 1. The lowest BCUT2D eigenvalue weighted by atomic mass is 10.1. The maximum Gasteiger partial charge on any atom is 0.234 e. The third-order valence-electron chi connectivity index (χ3n) is 4.67. The molecule has 150 valence electrons. The minimum absolute atomic E-state index is 0.0828. The van der Waals surface area contributed by atoms with Crippen LogP contribution in [0.5, 0.6) is 0 Å². The van der Waals surface area contributed by atoms with Gasteiger partial charge in [-0.2, -0.15) is 0 Å². The van der Waals surface area contributed by atoms with Crippen molar-refractivity contribution >= 4 is 34.1 Å². The number of hydrogen-bond acceptors (Lipinski definition) is 4. The van der Waals surface area contributed by atoms with E-state index in [-0.39, 0.29) is 11.7 Å². The maximum absolute atomic E-state index is 12.5. The Kier molecular flexibility index (Phi) is 5.95. The van der Waals surface area contributed by atoms with Gasteiger partial charge in [0.1, 0.15) is 0 Å². The van der Waals surface area contributed by atoms with Crippen LogP contribution >= 0.6 is 11.8 Å². The lowest BCUT2D eigenvalue weighted by Crippen LogP contribution is -2.14. The summed E-state index contributed by atoms with van der Waals surface area (Å²) in [5, 5.41) is 14.6. The summed E-state index contributed by atoms with van der Waals surface area (Å²) in [6.07, 6.45) is 1.81. The second kappa shape index (κ2) is 8.97. The number of fused-ring (bicyclic) bond motifs is 1. The van der Waals surface area contributed by atoms with Crippen LogP contribution in [0.25, 0.3) is 22.2 Å². The lowest BCUT2D eigenvalue weighted by Gasteiger charge is -2.09. The third-order valence-corrected chi connectivity index (χ3v) is 5.64. The van der Waals surface area contributed by atoms with E-state index in [0.717, 1.165) is 33.4 Å². The van der Waals surface area contributed by atoms with E-state index in [9.17, 15) is 4.79 Å². The molecule has 0 bridgehead atoms. The highest BCUT2D eigenvalue weighted by molar-refractivity contribution is 7.99. The average Bonchev–Trinajstić information content (AvgIpc) is 3.15. The van der Waals surface area contributed by atoms with Crippen LogP contribution in [-0.4, -0.2) is 26.4 Å². The van der Waals surface area contributed by atoms with Crippen molar-refractivity contribution < 1.29 is 4.79 Å². The minimum atomic E-state index is -0.0828. The molecule has 1 aromatic heterocycles. The number of anilines is 1. The summed E-state index contributed by atoms with van der Waals surface area (Å²) in [6.45, 7) is 6.46. The molecule has 1 heterocycles. The van der Waals surface area contributed by atoms with E-state index in [4.69, 9.17) is 0 Å². The van der Waals surface area contributed by atoms with Crippen LogP contribution in [0.15, 0.2) is 84.5 Å². The molecule has 6 heteroatoms. The topological polar surface area (TPSA) is 59.8 Å². The first kappa shape index (κ1) is 19.9. The fourth-order valence-electron chi connectivity index (χ4n) is 3.28. The van der Waals surface area contributed by atoms with Crippen molar-refractivity contribution in [2.75, 3.05) is 11.1 Å². The van der Waals surface area contributed by atoms with Crippen molar-refractivity contribution in [1.82, 2.24) is 14.8 Å². The molecule has 30 heavy (non-hydrogen) atoms. The number of nitrogens with one attached hydrogen (secondary N) is 1. The van der Waals surface area contributed by atoms with Crippen LogP contribution in [0.2, 0.25) is 0 Å². The second-order valence-electron chi connectivity index (χ2n) is 6.97. The molecule has 0 fully saturated rings.